The summed E-state index contributed by atoms with van der Waals surface area (Å²) in [6.07, 6.45) is 0.970. The number of carbonyl (C=O) groups excluding carboxylic acids is 2. The van der Waals surface area contributed by atoms with Gasteiger partial charge in [-0.1, -0.05) is 12.1 Å². The Morgan fingerprint density at radius 2 is 1.93 bits per heavy atom. The lowest BCUT2D eigenvalue weighted by Crippen LogP contribution is -2.23. The molecule has 27 heavy (non-hydrogen) atoms. The van der Waals surface area contributed by atoms with Crippen molar-refractivity contribution in [2.24, 2.45) is 0 Å². The fourth-order valence-electron chi connectivity index (χ4n) is 2.48. The summed E-state index contributed by atoms with van der Waals surface area (Å²) < 4.78 is 6.08. The molecule has 3 rings (SSSR count). The molecule has 9 nitrogen and oxygen atoms in total. The Balaban J connectivity index is 1.61. The molecule has 0 atom stereocenters. The number of benzene rings is 2. The average molecular weight is 366 g/mol. The second-order valence-electron chi connectivity index (χ2n) is 5.75. The van der Waals surface area contributed by atoms with E-state index in [0.29, 0.717) is 17.8 Å². The Hall–Kier alpha value is -3.75. The molecule has 0 saturated heterocycles. The van der Waals surface area contributed by atoms with Crippen molar-refractivity contribution in [3.63, 3.8) is 0 Å². The highest BCUT2D eigenvalue weighted by atomic mass is 16.5. The number of aryl methyl sites for hydroxylation is 1. The fourth-order valence-corrected chi connectivity index (χ4v) is 2.48. The number of ether oxygens (including phenoxy) is 1. The van der Waals surface area contributed by atoms with Gasteiger partial charge < -0.3 is 10.1 Å². The second kappa shape index (κ2) is 8.09. The fraction of sp³-hybridized carbons (Fsp3) is 0.167. The van der Waals surface area contributed by atoms with Crippen LogP contribution in [-0.2, 0) is 11.3 Å². The summed E-state index contributed by atoms with van der Waals surface area (Å²) >= 11 is 0. The van der Waals surface area contributed by atoms with Crippen molar-refractivity contribution in [2.75, 3.05) is 12.4 Å². The maximum absolute atomic E-state index is 12.4. The van der Waals surface area contributed by atoms with Crippen LogP contribution < -0.4 is 10.6 Å². The third-order valence-electron chi connectivity index (χ3n) is 3.89. The van der Waals surface area contributed by atoms with Crippen molar-refractivity contribution in [2.45, 2.75) is 13.5 Å². The van der Waals surface area contributed by atoms with Gasteiger partial charge in [-0.2, -0.15) is 0 Å². The number of rotatable bonds is 5. The van der Waals surface area contributed by atoms with Crippen LogP contribution in [0.15, 0.2) is 48.8 Å². The maximum atomic E-state index is 12.4. The van der Waals surface area contributed by atoms with Gasteiger partial charge in [-0.15, -0.1) is 5.10 Å². The van der Waals surface area contributed by atoms with Crippen molar-refractivity contribution in [3.8, 4) is 5.69 Å². The highest BCUT2D eigenvalue weighted by Gasteiger charge is 2.09. The van der Waals surface area contributed by atoms with E-state index in [2.05, 4.69) is 30.9 Å². The molecule has 1 aromatic heterocycles. The van der Waals surface area contributed by atoms with Crippen molar-refractivity contribution in [1.82, 2.24) is 25.5 Å². The zero-order valence-corrected chi connectivity index (χ0v) is 14.8. The largest absolute Gasteiger partial charge is 0.453 e. The van der Waals surface area contributed by atoms with Crippen LogP contribution in [0.25, 0.3) is 5.69 Å². The molecule has 2 N–H and O–H groups in total. The van der Waals surface area contributed by atoms with Gasteiger partial charge in [0.15, 0.2) is 0 Å². The molecular formula is C18H18N6O3. The van der Waals surface area contributed by atoms with Gasteiger partial charge in [0.25, 0.3) is 5.91 Å². The van der Waals surface area contributed by atoms with E-state index in [1.54, 1.807) is 35.0 Å². The van der Waals surface area contributed by atoms with Gasteiger partial charge in [0.05, 0.1) is 12.8 Å². The summed E-state index contributed by atoms with van der Waals surface area (Å²) in [5.74, 6) is -0.182. The number of tetrazole rings is 1. The molecule has 0 spiro atoms. The van der Waals surface area contributed by atoms with E-state index in [0.717, 1.165) is 16.8 Å². The lowest BCUT2D eigenvalue weighted by molar-refractivity contribution is 0.0951. The number of aromatic nitrogens is 4. The van der Waals surface area contributed by atoms with Gasteiger partial charge in [-0.05, 0) is 58.8 Å². The van der Waals surface area contributed by atoms with Crippen LogP contribution in [0.2, 0.25) is 0 Å². The van der Waals surface area contributed by atoms with E-state index in [4.69, 9.17) is 0 Å². The molecule has 0 bridgehead atoms. The minimum atomic E-state index is -0.531. The van der Waals surface area contributed by atoms with Crippen molar-refractivity contribution < 1.29 is 14.3 Å². The molecular weight excluding hydrogens is 348 g/mol. The highest BCUT2D eigenvalue weighted by molar-refractivity contribution is 5.94. The summed E-state index contributed by atoms with van der Waals surface area (Å²) in [4.78, 5) is 23.5. The van der Waals surface area contributed by atoms with Crippen molar-refractivity contribution in [1.29, 1.82) is 0 Å². The molecule has 138 valence electrons. The maximum Gasteiger partial charge on any atom is 0.411 e. The molecule has 9 heteroatoms. The molecule has 0 aliphatic rings. The first kappa shape index (κ1) is 18.1. The average Bonchev–Trinajstić information content (AvgIpc) is 3.21. The number of hydrogen-bond donors (Lipinski definition) is 2. The van der Waals surface area contributed by atoms with Crippen LogP contribution in [0.3, 0.4) is 0 Å². The third-order valence-corrected chi connectivity index (χ3v) is 3.89. The lowest BCUT2D eigenvalue weighted by Gasteiger charge is -2.09. The Kier molecular flexibility index (Phi) is 5.41. The number of methoxy groups -OCH3 is 1. The van der Waals surface area contributed by atoms with E-state index < -0.39 is 6.09 Å². The number of hydrogen-bond acceptors (Lipinski definition) is 6. The molecule has 2 aromatic carbocycles. The van der Waals surface area contributed by atoms with Gasteiger partial charge >= 0.3 is 6.09 Å². The molecule has 0 saturated carbocycles. The first-order valence-corrected chi connectivity index (χ1v) is 8.13. The van der Waals surface area contributed by atoms with Gasteiger partial charge in [-0.25, -0.2) is 9.48 Å². The predicted octanol–water partition coefficient (Wildman–Crippen LogP) is 2.08. The Morgan fingerprint density at radius 1 is 1.15 bits per heavy atom. The van der Waals surface area contributed by atoms with Crippen molar-refractivity contribution >= 4 is 17.7 Å². The van der Waals surface area contributed by atoms with Crippen molar-refractivity contribution in [3.05, 3.63) is 65.5 Å². The van der Waals surface area contributed by atoms with E-state index >= 15 is 0 Å². The first-order chi connectivity index (χ1) is 13.1. The SMILES string of the molecule is COC(=O)Nc1ccc(CNC(=O)c2ccc(-n3cnnn3)c(C)c2)cc1. The second-order valence-corrected chi connectivity index (χ2v) is 5.75. The zero-order valence-electron chi connectivity index (χ0n) is 14.8. The minimum Gasteiger partial charge on any atom is -0.453 e. The van der Waals surface area contributed by atoms with Crippen LogP contribution in [0.1, 0.15) is 21.5 Å². The standard InChI is InChI=1S/C18H18N6O3/c1-12-9-14(5-8-16(12)24-11-20-22-23-24)17(25)19-10-13-3-6-15(7-4-13)21-18(26)27-2/h3-9,11H,10H2,1-2H3,(H,19,25)(H,21,26). The lowest BCUT2D eigenvalue weighted by atomic mass is 10.1. The van der Waals surface area contributed by atoms with Crippen LogP contribution in [-0.4, -0.2) is 39.3 Å². The molecule has 0 aliphatic heterocycles. The van der Waals surface area contributed by atoms with Gasteiger partial charge in [0.2, 0.25) is 0 Å². The predicted molar refractivity (Wildman–Crippen MR) is 97.5 cm³/mol. The van der Waals surface area contributed by atoms with Crippen LogP contribution in [0.4, 0.5) is 10.5 Å². The van der Waals surface area contributed by atoms with Gasteiger partial charge in [-0.3, -0.25) is 10.1 Å². The number of nitrogens with zero attached hydrogens (tertiary/aromatic N) is 4. The van der Waals surface area contributed by atoms with E-state index in [1.807, 2.05) is 19.1 Å². The zero-order chi connectivity index (χ0) is 19.2. The molecule has 0 aliphatic carbocycles. The first-order valence-electron chi connectivity index (χ1n) is 8.13. The van der Waals surface area contributed by atoms with Crippen LogP contribution >= 0.6 is 0 Å². The smallest absolute Gasteiger partial charge is 0.411 e. The summed E-state index contributed by atoms with van der Waals surface area (Å²) in [6.45, 7) is 2.26. The number of anilines is 1. The summed E-state index contributed by atoms with van der Waals surface area (Å²) in [7, 11) is 1.30. The topological polar surface area (TPSA) is 111 Å². The Labute approximate surface area is 155 Å². The van der Waals surface area contributed by atoms with Crippen LogP contribution in [0, 0.1) is 6.92 Å². The quantitative estimate of drug-likeness (QED) is 0.715. The molecule has 0 unspecified atom stereocenters. The number of carbonyl (C=O) groups is 2. The van der Waals surface area contributed by atoms with Gasteiger partial charge in [0.1, 0.15) is 6.33 Å². The number of amides is 2. The number of nitrogens with one attached hydrogen (secondary N) is 2. The molecule has 3 aromatic rings. The minimum absolute atomic E-state index is 0.182. The van der Waals surface area contributed by atoms with Crippen LogP contribution in [0.5, 0.6) is 0 Å². The van der Waals surface area contributed by atoms with E-state index in [-0.39, 0.29) is 5.91 Å². The summed E-state index contributed by atoms with van der Waals surface area (Å²) in [5, 5.41) is 16.5. The molecule has 0 radical (unpaired) electrons. The van der Waals surface area contributed by atoms with E-state index in [9.17, 15) is 9.59 Å². The normalized spacial score (nSPS) is 10.3. The monoisotopic (exact) mass is 366 g/mol. The van der Waals surface area contributed by atoms with E-state index in [1.165, 1.54) is 13.4 Å². The molecule has 0 fully saturated rings. The molecule has 1 heterocycles. The Bertz CT molecular complexity index is 938. The summed E-state index contributed by atoms with van der Waals surface area (Å²) in [6, 6.07) is 12.4. The Morgan fingerprint density at radius 3 is 2.56 bits per heavy atom. The highest BCUT2D eigenvalue weighted by Crippen LogP contribution is 2.15. The summed E-state index contributed by atoms with van der Waals surface area (Å²) in [5.41, 5.74) is 3.76. The van der Waals surface area contributed by atoms with Gasteiger partial charge in [0, 0.05) is 17.8 Å². The molecule has 2 amide bonds. The third kappa shape index (κ3) is 4.46.